The molecule has 0 aliphatic rings. The molecular weight excluding hydrogens is 483 g/mol. The standard InChI is InChI=1S/C24H17Cl3N4O2/c1-13-7-22(31-23(32)14-3-2-4-15(25)8-14)20-12-18(5-6-21(20)28-13)29-24(33)30-19-10-16(26)9-17(27)11-19/h2-12H,1H3,(H,28,31,32)(H2,29,30,33). The molecule has 4 aromatic rings. The number of urea groups is 1. The Morgan fingerprint density at radius 2 is 1.48 bits per heavy atom. The number of fused-ring (bicyclic) bond motifs is 1. The largest absolute Gasteiger partial charge is 0.323 e. The van der Waals surface area contributed by atoms with Crippen molar-refractivity contribution in [2.24, 2.45) is 0 Å². The average molecular weight is 500 g/mol. The van der Waals surface area contributed by atoms with Crippen LogP contribution in [0.1, 0.15) is 16.1 Å². The molecule has 0 radical (unpaired) electrons. The quantitative estimate of drug-likeness (QED) is 0.273. The number of carbonyl (C=O) groups is 2. The van der Waals surface area contributed by atoms with Gasteiger partial charge in [-0.2, -0.15) is 0 Å². The zero-order valence-corrected chi connectivity index (χ0v) is 19.5. The van der Waals surface area contributed by atoms with Crippen LogP contribution in [-0.4, -0.2) is 16.9 Å². The fourth-order valence-electron chi connectivity index (χ4n) is 3.28. The van der Waals surface area contributed by atoms with Gasteiger partial charge >= 0.3 is 6.03 Å². The van der Waals surface area contributed by atoms with Gasteiger partial charge in [0.15, 0.2) is 0 Å². The fourth-order valence-corrected chi connectivity index (χ4v) is 4.00. The number of hydrogen-bond donors (Lipinski definition) is 3. The minimum Gasteiger partial charge on any atom is -0.321 e. The molecule has 166 valence electrons. The van der Waals surface area contributed by atoms with E-state index in [0.29, 0.717) is 48.6 Å². The molecule has 0 aliphatic heterocycles. The number of nitrogens with one attached hydrogen (secondary N) is 3. The molecule has 0 saturated heterocycles. The molecule has 0 unspecified atom stereocenters. The molecule has 1 heterocycles. The Morgan fingerprint density at radius 3 is 2.21 bits per heavy atom. The lowest BCUT2D eigenvalue weighted by atomic mass is 10.1. The first-order chi connectivity index (χ1) is 15.8. The van der Waals surface area contributed by atoms with Crippen LogP contribution >= 0.6 is 34.8 Å². The van der Waals surface area contributed by atoms with Gasteiger partial charge in [-0.05, 0) is 67.6 Å². The summed E-state index contributed by atoms with van der Waals surface area (Å²) in [4.78, 5) is 29.7. The van der Waals surface area contributed by atoms with Crippen molar-refractivity contribution in [3.63, 3.8) is 0 Å². The molecular formula is C24H17Cl3N4O2. The predicted octanol–water partition coefficient (Wildman–Crippen LogP) is 7.40. The number of halogens is 3. The Kier molecular flexibility index (Phi) is 6.70. The average Bonchev–Trinajstić information content (AvgIpc) is 2.73. The molecule has 0 bridgehead atoms. The molecule has 0 aliphatic carbocycles. The van der Waals surface area contributed by atoms with Crippen LogP contribution in [-0.2, 0) is 0 Å². The molecule has 3 amide bonds. The summed E-state index contributed by atoms with van der Waals surface area (Å²) in [6.07, 6.45) is 0. The van der Waals surface area contributed by atoms with Crippen molar-refractivity contribution >= 4 is 74.7 Å². The van der Waals surface area contributed by atoms with Gasteiger partial charge in [0.05, 0.1) is 11.2 Å². The summed E-state index contributed by atoms with van der Waals surface area (Å²) in [6.45, 7) is 1.84. The summed E-state index contributed by atoms with van der Waals surface area (Å²) in [6, 6.07) is 17.9. The number of aryl methyl sites for hydroxylation is 1. The maximum Gasteiger partial charge on any atom is 0.323 e. The predicted molar refractivity (Wildman–Crippen MR) is 135 cm³/mol. The molecule has 6 nitrogen and oxygen atoms in total. The van der Waals surface area contributed by atoms with E-state index >= 15 is 0 Å². The van der Waals surface area contributed by atoms with E-state index in [9.17, 15) is 9.59 Å². The fraction of sp³-hybridized carbons (Fsp3) is 0.0417. The van der Waals surface area contributed by atoms with Crippen molar-refractivity contribution in [1.82, 2.24) is 4.98 Å². The van der Waals surface area contributed by atoms with Crippen molar-refractivity contribution in [3.8, 4) is 0 Å². The summed E-state index contributed by atoms with van der Waals surface area (Å²) in [5.41, 5.74) is 3.37. The van der Waals surface area contributed by atoms with Gasteiger partial charge in [-0.15, -0.1) is 0 Å². The number of anilines is 3. The van der Waals surface area contributed by atoms with Crippen LogP contribution in [0.5, 0.6) is 0 Å². The van der Waals surface area contributed by atoms with Crippen LogP contribution in [0.4, 0.5) is 21.9 Å². The van der Waals surface area contributed by atoms with Gasteiger partial charge < -0.3 is 16.0 Å². The van der Waals surface area contributed by atoms with E-state index in [1.165, 1.54) is 0 Å². The van der Waals surface area contributed by atoms with Crippen LogP contribution in [0.15, 0.2) is 66.7 Å². The summed E-state index contributed by atoms with van der Waals surface area (Å²) in [5.74, 6) is -0.307. The summed E-state index contributed by atoms with van der Waals surface area (Å²) in [7, 11) is 0. The summed E-state index contributed by atoms with van der Waals surface area (Å²) in [5, 5.41) is 10.3. The van der Waals surface area contributed by atoms with Gasteiger partial charge in [0.1, 0.15) is 0 Å². The second-order valence-corrected chi connectivity index (χ2v) is 8.55. The van der Waals surface area contributed by atoms with Crippen molar-refractivity contribution in [2.75, 3.05) is 16.0 Å². The van der Waals surface area contributed by atoms with Gasteiger partial charge in [-0.3, -0.25) is 9.78 Å². The number of pyridine rings is 1. The highest BCUT2D eigenvalue weighted by Crippen LogP contribution is 2.28. The van der Waals surface area contributed by atoms with Crippen LogP contribution in [0.25, 0.3) is 10.9 Å². The Morgan fingerprint density at radius 1 is 0.758 bits per heavy atom. The first-order valence-corrected chi connectivity index (χ1v) is 10.9. The molecule has 3 aromatic carbocycles. The van der Waals surface area contributed by atoms with Gasteiger partial charge in [0.2, 0.25) is 0 Å². The van der Waals surface area contributed by atoms with E-state index in [0.717, 1.165) is 5.69 Å². The van der Waals surface area contributed by atoms with Gasteiger partial charge in [0, 0.05) is 43.1 Å². The topological polar surface area (TPSA) is 83.1 Å². The number of nitrogens with zero attached hydrogens (tertiary/aromatic N) is 1. The lowest BCUT2D eigenvalue weighted by Crippen LogP contribution is -2.19. The van der Waals surface area contributed by atoms with Crippen molar-refractivity contribution < 1.29 is 9.59 Å². The zero-order valence-electron chi connectivity index (χ0n) is 17.2. The smallest absolute Gasteiger partial charge is 0.321 e. The van der Waals surface area contributed by atoms with E-state index in [2.05, 4.69) is 20.9 Å². The van der Waals surface area contributed by atoms with Gasteiger partial charge in [0.25, 0.3) is 5.91 Å². The second kappa shape index (κ2) is 9.67. The highest BCUT2D eigenvalue weighted by Gasteiger charge is 2.12. The van der Waals surface area contributed by atoms with E-state index in [-0.39, 0.29) is 5.91 Å². The van der Waals surface area contributed by atoms with Crippen molar-refractivity contribution in [3.05, 3.63) is 93.1 Å². The van der Waals surface area contributed by atoms with Gasteiger partial charge in [-0.25, -0.2) is 4.79 Å². The molecule has 0 atom stereocenters. The maximum absolute atomic E-state index is 12.8. The Hall–Kier alpha value is -3.32. The monoisotopic (exact) mass is 498 g/mol. The molecule has 3 N–H and O–H groups in total. The van der Waals surface area contributed by atoms with Crippen LogP contribution in [0.2, 0.25) is 15.1 Å². The number of aromatic nitrogens is 1. The minimum absolute atomic E-state index is 0.307. The molecule has 0 fully saturated rings. The zero-order chi connectivity index (χ0) is 23.5. The third-order valence-electron chi connectivity index (χ3n) is 4.65. The first kappa shape index (κ1) is 22.9. The normalized spacial score (nSPS) is 10.7. The van der Waals surface area contributed by atoms with Crippen LogP contribution in [0.3, 0.4) is 0 Å². The number of hydrogen-bond acceptors (Lipinski definition) is 3. The SMILES string of the molecule is Cc1cc(NC(=O)c2cccc(Cl)c2)c2cc(NC(=O)Nc3cc(Cl)cc(Cl)c3)ccc2n1. The molecule has 0 spiro atoms. The Bertz CT molecular complexity index is 1370. The molecule has 0 saturated carbocycles. The highest BCUT2D eigenvalue weighted by atomic mass is 35.5. The van der Waals surface area contributed by atoms with E-state index in [1.54, 1.807) is 66.7 Å². The maximum atomic E-state index is 12.8. The first-order valence-electron chi connectivity index (χ1n) is 9.79. The van der Waals surface area contributed by atoms with Gasteiger partial charge in [-0.1, -0.05) is 40.9 Å². The van der Waals surface area contributed by atoms with E-state index in [1.807, 2.05) is 6.92 Å². The van der Waals surface area contributed by atoms with E-state index < -0.39 is 6.03 Å². The molecule has 9 heteroatoms. The Labute approximate surface area is 204 Å². The van der Waals surface area contributed by atoms with Crippen LogP contribution in [0, 0.1) is 6.92 Å². The Balaban J connectivity index is 1.59. The molecule has 33 heavy (non-hydrogen) atoms. The summed E-state index contributed by atoms with van der Waals surface area (Å²) >= 11 is 18.0. The third-order valence-corrected chi connectivity index (χ3v) is 5.32. The minimum atomic E-state index is -0.475. The lowest BCUT2D eigenvalue weighted by Gasteiger charge is -2.13. The molecule has 4 rings (SSSR count). The highest BCUT2D eigenvalue weighted by molar-refractivity contribution is 6.35. The van der Waals surface area contributed by atoms with Crippen molar-refractivity contribution in [2.45, 2.75) is 6.92 Å². The lowest BCUT2D eigenvalue weighted by molar-refractivity contribution is 0.102. The van der Waals surface area contributed by atoms with Crippen LogP contribution < -0.4 is 16.0 Å². The van der Waals surface area contributed by atoms with E-state index in [4.69, 9.17) is 34.8 Å². The summed E-state index contributed by atoms with van der Waals surface area (Å²) < 4.78 is 0. The number of amides is 3. The number of rotatable bonds is 4. The second-order valence-electron chi connectivity index (χ2n) is 7.24. The number of carbonyl (C=O) groups excluding carboxylic acids is 2. The third kappa shape index (κ3) is 5.73. The molecule has 1 aromatic heterocycles. The van der Waals surface area contributed by atoms with Crippen molar-refractivity contribution in [1.29, 1.82) is 0 Å². The number of benzene rings is 3.